The highest BCUT2D eigenvalue weighted by molar-refractivity contribution is 7.26. The lowest BCUT2D eigenvalue weighted by Crippen LogP contribution is -2.16. The third kappa shape index (κ3) is 5.44. The predicted octanol–water partition coefficient (Wildman–Crippen LogP) is 11.9. The molecule has 4 aromatic heterocycles. The molecular formula is C49H31N6S+. The molecule has 0 aliphatic rings. The maximum absolute atomic E-state index is 5.37. The van der Waals surface area contributed by atoms with Crippen molar-refractivity contribution in [2.45, 2.75) is 0 Å². The number of para-hydroxylation sites is 2. The first-order valence-corrected chi connectivity index (χ1v) is 19.4. The van der Waals surface area contributed by atoms with Gasteiger partial charge in [-0.1, -0.05) is 125 Å². The van der Waals surface area contributed by atoms with Gasteiger partial charge in [0.05, 0.1) is 43.6 Å². The van der Waals surface area contributed by atoms with E-state index in [1.807, 2.05) is 48.5 Å². The van der Waals surface area contributed by atoms with Crippen molar-refractivity contribution in [1.82, 2.24) is 24.5 Å². The SMILES string of the molecule is c1ccc(-c2nc(-c3ccccc3)[nH+]c(-c3ccc(-c4nc(-c5ccc6c7ccccc7n(-c7ccccc7)c6c5)nc5c4sc4ccccc45)cc3)n2)cc1. The number of aromatic amines is 1. The Hall–Kier alpha value is -7.35. The molecular weight excluding hydrogens is 705 g/mol. The van der Waals surface area contributed by atoms with Crippen LogP contribution in [0.4, 0.5) is 0 Å². The molecule has 0 spiro atoms. The predicted molar refractivity (Wildman–Crippen MR) is 229 cm³/mol. The zero-order valence-electron chi connectivity index (χ0n) is 30.0. The maximum Gasteiger partial charge on any atom is 0.308 e. The maximum atomic E-state index is 5.37. The molecule has 0 saturated heterocycles. The molecule has 7 heteroatoms. The second-order valence-electron chi connectivity index (χ2n) is 13.8. The molecule has 0 saturated carbocycles. The van der Waals surface area contributed by atoms with Gasteiger partial charge in [-0.05, 0) is 66.7 Å². The Morgan fingerprint density at radius 2 is 0.964 bits per heavy atom. The van der Waals surface area contributed by atoms with Crippen molar-refractivity contribution >= 4 is 53.4 Å². The smallest absolute Gasteiger partial charge is 0.308 e. The van der Waals surface area contributed by atoms with E-state index in [2.05, 4.69) is 143 Å². The molecule has 4 heterocycles. The fraction of sp³-hybridized carbons (Fsp3) is 0. The summed E-state index contributed by atoms with van der Waals surface area (Å²) < 4.78 is 4.58. The minimum Gasteiger partial charge on any atom is -0.309 e. The average Bonchev–Trinajstić information content (AvgIpc) is 3.82. The molecule has 0 atom stereocenters. The molecule has 11 aromatic rings. The largest absolute Gasteiger partial charge is 0.309 e. The normalized spacial score (nSPS) is 11.6. The van der Waals surface area contributed by atoms with E-state index >= 15 is 0 Å². The first-order valence-electron chi connectivity index (χ1n) is 18.6. The van der Waals surface area contributed by atoms with Crippen LogP contribution in [0.1, 0.15) is 0 Å². The Balaban J connectivity index is 1.07. The summed E-state index contributed by atoms with van der Waals surface area (Å²) in [4.78, 5) is 24.1. The minimum absolute atomic E-state index is 0.665. The number of nitrogens with one attached hydrogen (secondary N) is 1. The van der Waals surface area contributed by atoms with Crippen LogP contribution in [0.5, 0.6) is 0 Å². The van der Waals surface area contributed by atoms with Gasteiger partial charge >= 0.3 is 5.82 Å². The number of thiophene rings is 1. The molecule has 0 amide bonds. The second-order valence-corrected chi connectivity index (χ2v) is 14.8. The van der Waals surface area contributed by atoms with Crippen LogP contribution in [0.25, 0.3) is 105 Å². The molecule has 1 N–H and O–H groups in total. The Kier molecular flexibility index (Phi) is 7.57. The second kappa shape index (κ2) is 13.2. The molecule has 56 heavy (non-hydrogen) atoms. The van der Waals surface area contributed by atoms with Crippen LogP contribution >= 0.6 is 11.3 Å². The zero-order valence-corrected chi connectivity index (χ0v) is 30.8. The Morgan fingerprint density at radius 3 is 1.71 bits per heavy atom. The highest BCUT2D eigenvalue weighted by Gasteiger charge is 2.22. The Morgan fingerprint density at radius 1 is 0.411 bits per heavy atom. The van der Waals surface area contributed by atoms with E-state index in [1.165, 1.54) is 21.0 Å². The van der Waals surface area contributed by atoms with Crippen LogP contribution in [-0.2, 0) is 0 Å². The summed E-state index contributed by atoms with van der Waals surface area (Å²) in [7, 11) is 0. The molecule has 0 aliphatic heterocycles. The van der Waals surface area contributed by atoms with Gasteiger partial charge < -0.3 is 4.57 Å². The first-order chi connectivity index (χ1) is 27.7. The van der Waals surface area contributed by atoms with Gasteiger partial charge in [-0.2, -0.15) is 0 Å². The summed E-state index contributed by atoms with van der Waals surface area (Å²) in [5.74, 6) is 2.85. The topological polar surface area (TPSA) is 70.6 Å². The third-order valence-corrected chi connectivity index (χ3v) is 11.5. The summed E-state index contributed by atoms with van der Waals surface area (Å²) in [6, 6.07) is 63.0. The van der Waals surface area contributed by atoms with E-state index in [-0.39, 0.29) is 0 Å². The Labute approximate surface area is 326 Å². The van der Waals surface area contributed by atoms with Crippen LogP contribution in [0.3, 0.4) is 0 Å². The molecule has 0 radical (unpaired) electrons. The number of rotatable bonds is 6. The van der Waals surface area contributed by atoms with E-state index in [0.29, 0.717) is 11.6 Å². The highest BCUT2D eigenvalue weighted by atomic mass is 32.1. The van der Waals surface area contributed by atoms with Gasteiger partial charge in [0.1, 0.15) is 0 Å². The van der Waals surface area contributed by atoms with Crippen molar-refractivity contribution in [1.29, 1.82) is 0 Å². The van der Waals surface area contributed by atoms with Crippen molar-refractivity contribution in [3.63, 3.8) is 0 Å². The fourth-order valence-electron chi connectivity index (χ4n) is 7.66. The summed E-state index contributed by atoms with van der Waals surface area (Å²) in [5, 5.41) is 3.54. The van der Waals surface area contributed by atoms with Crippen molar-refractivity contribution in [3.05, 3.63) is 182 Å². The molecule has 11 rings (SSSR count). The first kappa shape index (κ1) is 32.1. The number of aromatic nitrogens is 6. The van der Waals surface area contributed by atoms with Gasteiger partial charge in [0, 0.05) is 37.7 Å². The Bertz CT molecular complexity index is 3170. The average molecular weight is 736 g/mol. The quantitative estimate of drug-likeness (QED) is 0.170. The van der Waals surface area contributed by atoms with Gasteiger partial charge in [0.15, 0.2) is 5.82 Å². The summed E-state index contributed by atoms with van der Waals surface area (Å²) >= 11 is 1.74. The lowest BCUT2D eigenvalue weighted by Gasteiger charge is -2.10. The van der Waals surface area contributed by atoms with Crippen LogP contribution in [0.2, 0.25) is 0 Å². The van der Waals surface area contributed by atoms with Crippen molar-refractivity contribution in [2.24, 2.45) is 0 Å². The highest BCUT2D eigenvalue weighted by Crippen LogP contribution is 2.41. The monoisotopic (exact) mass is 735 g/mol. The van der Waals surface area contributed by atoms with Crippen LogP contribution < -0.4 is 4.98 Å². The minimum atomic E-state index is 0.665. The van der Waals surface area contributed by atoms with Crippen LogP contribution in [0, 0.1) is 0 Å². The number of nitrogens with zero attached hydrogens (tertiary/aromatic N) is 5. The van der Waals surface area contributed by atoms with Crippen molar-refractivity contribution in [3.8, 4) is 62.5 Å². The molecule has 0 aliphatic carbocycles. The van der Waals surface area contributed by atoms with Gasteiger partial charge in [-0.15, -0.1) is 11.3 Å². The van der Waals surface area contributed by atoms with Crippen LogP contribution in [-0.4, -0.2) is 24.5 Å². The third-order valence-electron chi connectivity index (χ3n) is 10.3. The summed E-state index contributed by atoms with van der Waals surface area (Å²) in [6.45, 7) is 0. The number of benzene rings is 7. The van der Waals surface area contributed by atoms with E-state index in [9.17, 15) is 0 Å². The molecule has 6 nitrogen and oxygen atoms in total. The van der Waals surface area contributed by atoms with Gasteiger partial charge in [0.25, 0.3) is 11.6 Å². The van der Waals surface area contributed by atoms with Crippen molar-refractivity contribution < 1.29 is 4.98 Å². The van der Waals surface area contributed by atoms with Crippen molar-refractivity contribution in [2.75, 3.05) is 0 Å². The lowest BCUT2D eigenvalue weighted by molar-refractivity contribution is -0.359. The van der Waals surface area contributed by atoms with E-state index < -0.39 is 0 Å². The fourth-order valence-corrected chi connectivity index (χ4v) is 8.81. The zero-order chi connectivity index (χ0) is 37.0. The number of fused-ring (bicyclic) bond motifs is 6. The van der Waals surface area contributed by atoms with Crippen LogP contribution in [0.15, 0.2) is 182 Å². The van der Waals surface area contributed by atoms with E-state index in [4.69, 9.17) is 19.9 Å². The van der Waals surface area contributed by atoms with E-state index in [0.717, 1.165) is 72.0 Å². The molecule has 0 unspecified atom stereocenters. The summed E-state index contributed by atoms with van der Waals surface area (Å²) in [5.41, 5.74) is 10.1. The number of H-pyrrole nitrogens is 1. The molecule has 0 fully saturated rings. The lowest BCUT2D eigenvalue weighted by atomic mass is 10.1. The molecule has 262 valence electrons. The van der Waals surface area contributed by atoms with Gasteiger partial charge in [0.2, 0.25) is 0 Å². The molecule has 0 bridgehead atoms. The molecule has 7 aromatic carbocycles. The summed E-state index contributed by atoms with van der Waals surface area (Å²) in [6.07, 6.45) is 0. The van der Waals surface area contributed by atoms with Gasteiger partial charge in [-0.25, -0.2) is 15.0 Å². The number of hydrogen-bond donors (Lipinski definition) is 0. The van der Waals surface area contributed by atoms with Gasteiger partial charge in [-0.3, -0.25) is 0 Å². The van der Waals surface area contributed by atoms with E-state index in [1.54, 1.807) is 11.3 Å². The number of hydrogen-bond acceptors (Lipinski definition) is 5. The standard InChI is InChI=1S/C49H30N6S/c1-4-14-32(15-5-1)46-52-47(33-16-6-2-7-17-33)54-48(53-46)34-26-24-31(25-27-34)43-45-44(39-21-11-13-23-42(39)56-45)51-49(50-43)35-28-29-38-37-20-10-12-22-40(37)55(41(38)30-35)36-18-8-3-9-19-36/h1-30H/p+1.